The predicted molar refractivity (Wildman–Crippen MR) is 56.1 cm³/mol. The number of fused-ring (bicyclic) bond motifs is 1. The summed E-state index contributed by atoms with van der Waals surface area (Å²) in [6.07, 6.45) is 0. The van der Waals surface area contributed by atoms with E-state index in [0.717, 1.165) is 5.39 Å². The maximum atomic E-state index is 9.34. The zero-order valence-electron chi connectivity index (χ0n) is 7.36. The van der Waals surface area contributed by atoms with Crippen molar-refractivity contribution in [2.45, 2.75) is 0 Å². The Kier molecular flexibility index (Phi) is 1.64. The summed E-state index contributed by atoms with van der Waals surface area (Å²) in [4.78, 5) is 0. The molecule has 0 aliphatic heterocycles. The summed E-state index contributed by atoms with van der Waals surface area (Å²) in [5, 5.41) is 20.2. The molecule has 0 bridgehead atoms. The van der Waals surface area contributed by atoms with Crippen LogP contribution in [-0.2, 0) is 0 Å². The van der Waals surface area contributed by atoms with Crippen molar-refractivity contribution in [3.8, 4) is 11.5 Å². The molecule has 72 valence electrons. The molecule has 0 saturated carbocycles. The Morgan fingerprint density at radius 3 is 1.50 bits per heavy atom. The molecule has 0 saturated heterocycles. The van der Waals surface area contributed by atoms with Crippen LogP contribution in [0.25, 0.3) is 10.8 Å². The molecule has 2 aromatic carbocycles. The van der Waals surface area contributed by atoms with Gasteiger partial charge in [0.05, 0.1) is 11.4 Å². The van der Waals surface area contributed by atoms with Crippen molar-refractivity contribution in [1.82, 2.24) is 0 Å². The summed E-state index contributed by atoms with van der Waals surface area (Å²) in [7, 11) is 0. The monoisotopic (exact) mass is 190 g/mol. The maximum Gasteiger partial charge on any atom is 0.139 e. The van der Waals surface area contributed by atoms with Gasteiger partial charge in [0.1, 0.15) is 11.5 Å². The molecule has 4 heteroatoms. The van der Waals surface area contributed by atoms with E-state index >= 15 is 0 Å². The maximum absolute atomic E-state index is 9.34. The van der Waals surface area contributed by atoms with E-state index in [9.17, 15) is 10.2 Å². The van der Waals surface area contributed by atoms with Crippen molar-refractivity contribution in [2.24, 2.45) is 0 Å². The molecule has 0 radical (unpaired) electrons. The number of phenolic OH excluding ortho intramolecular Hbond substituents is 2. The van der Waals surface area contributed by atoms with Crippen LogP contribution in [0.3, 0.4) is 0 Å². The number of nitrogen functional groups attached to an aromatic ring is 2. The molecular weight excluding hydrogens is 180 g/mol. The number of hydrogen-bond acceptors (Lipinski definition) is 4. The molecule has 0 heterocycles. The van der Waals surface area contributed by atoms with E-state index in [-0.39, 0.29) is 11.5 Å². The molecule has 0 spiro atoms. The van der Waals surface area contributed by atoms with Crippen LogP contribution in [0.1, 0.15) is 0 Å². The summed E-state index contributed by atoms with van der Waals surface area (Å²) in [6.45, 7) is 0. The van der Waals surface area contributed by atoms with E-state index in [0.29, 0.717) is 16.8 Å². The van der Waals surface area contributed by atoms with E-state index in [2.05, 4.69) is 0 Å². The first-order valence-electron chi connectivity index (χ1n) is 4.08. The lowest BCUT2D eigenvalue weighted by molar-refractivity contribution is 0.477. The second-order valence-corrected chi connectivity index (χ2v) is 3.17. The fourth-order valence-electron chi connectivity index (χ4n) is 1.36. The van der Waals surface area contributed by atoms with Crippen molar-refractivity contribution < 1.29 is 10.2 Å². The second-order valence-electron chi connectivity index (χ2n) is 3.17. The van der Waals surface area contributed by atoms with Crippen molar-refractivity contribution in [1.29, 1.82) is 0 Å². The van der Waals surface area contributed by atoms with Crippen LogP contribution in [0.4, 0.5) is 11.4 Å². The van der Waals surface area contributed by atoms with Gasteiger partial charge in [-0.2, -0.15) is 0 Å². The van der Waals surface area contributed by atoms with E-state index in [1.54, 1.807) is 12.1 Å². The van der Waals surface area contributed by atoms with E-state index in [1.165, 1.54) is 12.1 Å². The molecule has 0 fully saturated rings. The Morgan fingerprint density at radius 2 is 1.07 bits per heavy atom. The number of hydrogen-bond donors (Lipinski definition) is 4. The molecule has 0 aliphatic carbocycles. The highest BCUT2D eigenvalue weighted by molar-refractivity contribution is 5.92. The molecular formula is C10H10N2O2. The van der Waals surface area contributed by atoms with Gasteiger partial charge in [-0.3, -0.25) is 0 Å². The third-order valence-corrected chi connectivity index (χ3v) is 2.13. The quantitative estimate of drug-likeness (QED) is 0.373. The van der Waals surface area contributed by atoms with Crippen molar-refractivity contribution in [3.63, 3.8) is 0 Å². The Labute approximate surface area is 80.4 Å². The van der Waals surface area contributed by atoms with Gasteiger partial charge in [-0.05, 0) is 35.0 Å². The number of phenols is 2. The third kappa shape index (κ3) is 1.17. The Bertz CT molecular complexity index is 420. The zero-order valence-corrected chi connectivity index (χ0v) is 7.36. The highest BCUT2D eigenvalue weighted by Crippen LogP contribution is 2.32. The molecule has 0 aliphatic rings. The van der Waals surface area contributed by atoms with Gasteiger partial charge in [0.2, 0.25) is 0 Å². The van der Waals surface area contributed by atoms with Gasteiger partial charge < -0.3 is 21.7 Å². The Balaban J connectivity index is 2.83. The first-order chi connectivity index (χ1) is 6.58. The molecule has 0 amide bonds. The zero-order chi connectivity index (χ0) is 10.3. The van der Waals surface area contributed by atoms with Crippen LogP contribution in [0.2, 0.25) is 0 Å². The summed E-state index contributed by atoms with van der Waals surface area (Å²) < 4.78 is 0. The molecule has 2 aromatic rings. The average molecular weight is 190 g/mol. The normalized spacial score (nSPS) is 10.6. The Morgan fingerprint density at radius 1 is 0.714 bits per heavy atom. The van der Waals surface area contributed by atoms with Gasteiger partial charge in [0.25, 0.3) is 0 Å². The predicted octanol–water partition coefficient (Wildman–Crippen LogP) is 1.42. The fraction of sp³-hybridized carbons (Fsp3) is 0. The Hall–Kier alpha value is -2.10. The first-order valence-corrected chi connectivity index (χ1v) is 4.08. The SMILES string of the molecule is Nc1cc2cc(N)c(O)cc2cc1O. The van der Waals surface area contributed by atoms with Gasteiger partial charge in [0.15, 0.2) is 0 Å². The van der Waals surface area contributed by atoms with Crippen LogP contribution >= 0.6 is 0 Å². The largest absolute Gasteiger partial charge is 0.506 e. The summed E-state index contributed by atoms with van der Waals surface area (Å²) in [5.74, 6) is 0.00310. The smallest absolute Gasteiger partial charge is 0.139 e. The molecule has 0 atom stereocenters. The topological polar surface area (TPSA) is 92.5 Å². The minimum atomic E-state index is 0.00155. The summed E-state index contributed by atoms with van der Waals surface area (Å²) in [6, 6.07) is 6.20. The molecule has 2 rings (SSSR count). The fourth-order valence-corrected chi connectivity index (χ4v) is 1.36. The van der Waals surface area contributed by atoms with Gasteiger partial charge in [0, 0.05) is 0 Å². The van der Waals surface area contributed by atoms with Gasteiger partial charge in [-0.15, -0.1) is 0 Å². The summed E-state index contributed by atoms with van der Waals surface area (Å²) >= 11 is 0. The lowest BCUT2D eigenvalue weighted by atomic mass is 10.1. The molecule has 0 unspecified atom stereocenters. The highest BCUT2D eigenvalue weighted by Gasteiger charge is 2.04. The number of benzene rings is 2. The highest BCUT2D eigenvalue weighted by atomic mass is 16.3. The standard InChI is InChI=1S/C10H10N2O2/c11-7-1-5-2-8(12)10(14)4-6(5)3-9(7)13/h1-4,13-14H,11-12H2. The van der Waals surface area contributed by atoms with Crippen molar-refractivity contribution >= 4 is 22.1 Å². The molecule has 0 aromatic heterocycles. The first kappa shape index (κ1) is 8.50. The third-order valence-electron chi connectivity index (χ3n) is 2.13. The average Bonchev–Trinajstić information content (AvgIpc) is 2.11. The van der Waals surface area contributed by atoms with Crippen LogP contribution in [0.15, 0.2) is 24.3 Å². The molecule has 6 N–H and O–H groups in total. The van der Waals surface area contributed by atoms with Gasteiger partial charge >= 0.3 is 0 Å². The van der Waals surface area contributed by atoms with Crippen molar-refractivity contribution in [3.05, 3.63) is 24.3 Å². The lowest BCUT2D eigenvalue weighted by Crippen LogP contribution is -1.88. The minimum Gasteiger partial charge on any atom is -0.506 e. The van der Waals surface area contributed by atoms with E-state index in [1.807, 2.05) is 0 Å². The molecule has 4 nitrogen and oxygen atoms in total. The van der Waals surface area contributed by atoms with E-state index < -0.39 is 0 Å². The van der Waals surface area contributed by atoms with Crippen LogP contribution in [-0.4, -0.2) is 10.2 Å². The van der Waals surface area contributed by atoms with Crippen molar-refractivity contribution in [2.75, 3.05) is 11.5 Å². The number of rotatable bonds is 0. The van der Waals surface area contributed by atoms with Gasteiger partial charge in [-0.1, -0.05) is 0 Å². The number of nitrogens with two attached hydrogens (primary N) is 2. The summed E-state index contributed by atoms with van der Waals surface area (Å²) in [5.41, 5.74) is 11.6. The van der Waals surface area contributed by atoms with E-state index in [4.69, 9.17) is 11.5 Å². The number of anilines is 2. The van der Waals surface area contributed by atoms with Crippen LogP contribution in [0, 0.1) is 0 Å². The minimum absolute atomic E-state index is 0.00155. The molecule has 14 heavy (non-hydrogen) atoms. The second kappa shape index (κ2) is 2.70. The van der Waals surface area contributed by atoms with Crippen LogP contribution < -0.4 is 11.5 Å². The number of aromatic hydroxyl groups is 2. The van der Waals surface area contributed by atoms with Crippen LogP contribution in [0.5, 0.6) is 11.5 Å². The van der Waals surface area contributed by atoms with Gasteiger partial charge in [-0.25, -0.2) is 0 Å². The lowest BCUT2D eigenvalue weighted by Gasteiger charge is -2.05.